The van der Waals surface area contributed by atoms with Crippen molar-refractivity contribution in [3.05, 3.63) is 58.1 Å². The number of halogens is 1. The van der Waals surface area contributed by atoms with Gasteiger partial charge in [-0.15, -0.1) is 0 Å². The standard InChI is InChI=1S/C16H18ClNO2/c1-10-4-7-15(20-3)13(8-10)16(18)12-6-5-11(19-2)9-14(12)17/h4-9,16H,18H2,1-3H3. The molecule has 0 radical (unpaired) electrons. The van der Waals surface area contributed by atoms with Gasteiger partial charge in [0.05, 0.1) is 20.3 Å². The summed E-state index contributed by atoms with van der Waals surface area (Å²) < 4.78 is 10.5. The zero-order valence-electron chi connectivity index (χ0n) is 11.8. The highest BCUT2D eigenvalue weighted by molar-refractivity contribution is 6.31. The van der Waals surface area contributed by atoms with Crippen LogP contribution in [0, 0.1) is 6.92 Å². The summed E-state index contributed by atoms with van der Waals surface area (Å²) in [5.41, 5.74) is 9.23. The summed E-state index contributed by atoms with van der Waals surface area (Å²) in [6.07, 6.45) is 0. The smallest absolute Gasteiger partial charge is 0.123 e. The normalized spacial score (nSPS) is 12.1. The Bertz CT molecular complexity index is 613. The molecular weight excluding hydrogens is 274 g/mol. The number of nitrogens with two attached hydrogens (primary N) is 1. The van der Waals surface area contributed by atoms with Crippen LogP contribution in [0.3, 0.4) is 0 Å². The van der Waals surface area contributed by atoms with Gasteiger partial charge >= 0.3 is 0 Å². The Kier molecular flexibility index (Phi) is 4.53. The highest BCUT2D eigenvalue weighted by Crippen LogP contribution is 2.34. The lowest BCUT2D eigenvalue weighted by Gasteiger charge is -2.18. The van der Waals surface area contributed by atoms with Crippen LogP contribution >= 0.6 is 11.6 Å². The van der Waals surface area contributed by atoms with Crippen LogP contribution in [0.2, 0.25) is 5.02 Å². The molecule has 4 heteroatoms. The molecule has 0 bridgehead atoms. The topological polar surface area (TPSA) is 44.5 Å². The minimum atomic E-state index is -0.344. The third-order valence-electron chi connectivity index (χ3n) is 3.26. The molecule has 106 valence electrons. The molecule has 0 amide bonds. The minimum Gasteiger partial charge on any atom is -0.497 e. The summed E-state index contributed by atoms with van der Waals surface area (Å²) in [6.45, 7) is 2.02. The van der Waals surface area contributed by atoms with Crippen LogP contribution in [-0.2, 0) is 0 Å². The van der Waals surface area contributed by atoms with Gasteiger partial charge in [0.25, 0.3) is 0 Å². The number of hydrogen-bond donors (Lipinski definition) is 1. The molecule has 2 aromatic carbocycles. The summed E-state index contributed by atoms with van der Waals surface area (Å²) in [7, 11) is 3.24. The van der Waals surface area contributed by atoms with E-state index in [1.807, 2.05) is 37.3 Å². The zero-order valence-corrected chi connectivity index (χ0v) is 12.6. The Morgan fingerprint density at radius 1 is 1.00 bits per heavy atom. The molecule has 1 atom stereocenters. The lowest BCUT2D eigenvalue weighted by molar-refractivity contribution is 0.407. The molecule has 0 aliphatic carbocycles. The van der Waals surface area contributed by atoms with Gasteiger partial charge < -0.3 is 15.2 Å². The molecule has 0 aliphatic heterocycles. The Balaban J connectivity index is 2.45. The second-order valence-electron chi connectivity index (χ2n) is 4.61. The van der Waals surface area contributed by atoms with Crippen molar-refractivity contribution in [2.24, 2.45) is 5.73 Å². The number of hydrogen-bond acceptors (Lipinski definition) is 3. The van der Waals surface area contributed by atoms with Gasteiger partial charge in [0.15, 0.2) is 0 Å². The third-order valence-corrected chi connectivity index (χ3v) is 3.59. The summed E-state index contributed by atoms with van der Waals surface area (Å²) >= 11 is 6.29. The number of rotatable bonds is 4. The number of benzene rings is 2. The fourth-order valence-electron chi connectivity index (χ4n) is 2.15. The molecule has 0 saturated carbocycles. The van der Waals surface area contributed by atoms with E-state index in [9.17, 15) is 0 Å². The molecule has 3 nitrogen and oxygen atoms in total. The van der Waals surface area contributed by atoms with Crippen LogP contribution in [-0.4, -0.2) is 14.2 Å². The Hall–Kier alpha value is -1.71. The quantitative estimate of drug-likeness (QED) is 0.934. The average Bonchev–Trinajstić information content (AvgIpc) is 2.46. The summed E-state index contributed by atoms with van der Waals surface area (Å²) in [5, 5.41) is 0.584. The molecule has 2 N–H and O–H groups in total. The first kappa shape index (κ1) is 14.7. The summed E-state index contributed by atoms with van der Waals surface area (Å²) in [4.78, 5) is 0. The Labute approximate surface area is 124 Å². The van der Waals surface area contributed by atoms with Crippen molar-refractivity contribution < 1.29 is 9.47 Å². The molecular formula is C16H18ClNO2. The number of ether oxygens (including phenoxy) is 2. The van der Waals surface area contributed by atoms with E-state index in [4.69, 9.17) is 26.8 Å². The van der Waals surface area contributed by atoms with E-state index in [-0.39, 0.29) is 6.04 Å². The Morgan fingerprint density at radius 2 is 1.75 bits per heavy atom. The second-order valence-corrected chi connectivity index (χ2v) is 5.02. The highest BCUT2D eigenvalue weighted by Gasteiger charge is 2.17. The van der Waals surface area contributed by atoms with E-state index < -0.39 is 0 Å². The van der Waals surface area contributed by atoms with Crippen molar-refractivity contribution in [1.82, 2.24) is 0 Å². The van der Waals surface area contributed by atoms with Gasteiger partial charge in [0.1, 0.15) is 11.5 Å². The lowest BCUT2D eigenvalue weighted by Crippen LogP contribution is -2.14. The maximum absolute atomic E-state index is 6.35. The summed E-state index contributed by atoms with van der Waals surface area (Å²) in [5.74, 6) is 1.47. The molecule has 0 saturated heterocycles. The molecule has 20 heavy (non-hydrogen) atoms. The van der Waals surface area contributed by atoms with E-state index in [0.717, 1.165) is 22.4 Å². The third kappa shape index (κ3) is 2.89. The largest absolute Gasteiger partial charge is 0.497 e. The van der Waals surface area contributed by atoms with Gasteiger partial charge in [-0.1, -0.05) is 35.4 Å². The molecule has 1 unspecified atom stereocenters. The van der Waals surface area contributed by atoms with Crippen LogP contribution in [0.25, 0.3) is 0 Å². The zero-order chi connectivity index (χ0) is 14.7. The van der Waals surface area contributed by atoms with Crippen molar-refractivity contribution in [2.75, 3.05) is 14.2 Å². The van der Waals surface area contributed by atoms with Crippen molar-refractivity contribution >= 4 is 11.6 Å². The fourth-order valence-corrected chi connectivity index (χ4v) is 2.44. The summed E-state index contributed by atoms with van der Waals surface area (Å²) in [6, 6.07) is 11.1. The predicted molar refractivity (Wildman–Crippen MR) is 81.8 cm³/mol. The van der Waals surface area contributed by atoms with E-state index in [1.54, 1.807) is 20.3 Å². The van der Waals surface area contributed by atoms with E-state index in [1.165, 1.54) is 0 Å². The maximum Gasteiger partial charge on any atom is 0.123 e. The van der Waals surface area contributed by atoms with Crippen LogP contribution in [0.5, 0.6) is 11.5 Å². The molecule has 0 fully saturated rings. The second kappa shape index (κ2) is 6.16. The highest BCUT2D eigenvalue weighted by atomic mass is 35.5. The van der Waals surface area contributed by atoms with E-state index >= 15 is 0 Å². The predicted octanol–water partition coefficient (Wildman–Crippen LogP) is 3.71. The van der Waals surface area contributed by atoms with Gasteiger partial charge in [-0.25, -0.2) is 0 Å². The first-order valence-corrected chi connectivity index (χ1v) is 6.68. The van der Waals surface area contributed by atoms with Gasteiger partial charge in [0.2, 0.25) is 0 Å². The van der Waals surface area contributed by atoms with Gasteiger partial charge in [0, 0.05) is 10.6 Å². The first-order chi connectivity index (χ1) is 9.56. The monoisotopic (exact) mass is 291 g/mol. The molecule has 0 heterocycles. The number of methoxy groups -OCH3 is 2. The SMILES string of the molecule is COc1ccc(C(N)c2cc(C)ccc2OC)c(Cl)c1. The van der Waals surface area contributed by atoms with Crippen LogP contribution in [0.15, 0.2) is 36.4 Å². The van der Waals surface area contributed by atoms with Crippen LogP contribution < -0.4 is 15.2 Å². The van der Waals surface area contributed by atoms with Crippen molar-refractivity contribution in [3.8, 4) is 11.5 Å². The average molecular weight is 292 g/mol. The van der Waals surface area contributed by atoms with E-state index in [0.29, 0.717) is 10.8 Å². The first-order valence-electron chi connectivity index (χ1n) is 6.30. The fraction of sp³-hybridized carbons (Fsp3) is 0.250. The van der Waals surface area contributed by atoms with Gasteiger partial charge in [-0.2, -0.15) is 0 Å². The van der Waals surface area contributed by atoms with E-state index in [2.05, 4.69) is 0 Å². The van der Waals surface area contributed by atoms with Gasteiger partial charge in [-0.05, 0) is 30.7 Å². The van der Waals surface area contributed by atoms with Crippen LogP contribution in [0.1, 0.15) is 22.7 Å². The maximum atomic E-state index is 6.35. The Morgan fingerprint density at radius 3 is 2.35 bits per heavy atom. The molecule has 2 rings (SSSR count). The molecule has 0 spiro atoms. The lowest BCUT2D eigenvalue weighted by atomic mass is 9.97. The van der Waals surface area contributed by atoms with Crippen molar-refractivity contribution in [3.63, 3.8) is 0 Å². The molecule has 0 aliphatic rings. The van der Waals surface area contributed by atoms with Crippen LogP contribution in [0.4, 0.5) is 0 Å². The number of aryl methyl sites for hydroxylation is 1. The molecule has 0 aromatic heterocycles. The van der Waals surface area contributed by atoms with Gasteiger partial charge in [-0.3, -0.25) is 0 Å². The minimum absolute atomic E-state index is 0.344. The molecule has 2 aromatic rings. The van der Waals surface area contributed by atoms with Crippen molar-refractivity contribution in [2.45, 2.75) is 13.0 Å². The van der Waals surface area contributed by atoms with Crippen molar-refractivity contribution in [1.29, 1.82) is 0 Å².